The van der Waals surface area contributed by atoms with Crippen molar-refractivity contribution in [3.63, 3.8) is 0 Å². The second-order valence-electron chi connectivity index (χ2n) is 12.3. The number of aromatic nitrogens is 1. The largest absolute Gasteiger partial charge is 0.458 e. The van der Waals surface area contributed by atoms with Crippen molar-refractivity contribution in [2.24, 2.45) is 28.6 Å². The maximum absolute atomic E-state index is 13.3. The van der Waals surface area contributed by atoms with E-state index >= 15 is 0 Å². The molecule has 2 fully saturated rings. The van der Waals surface area contributed by atoms with Gasteiger partial charge in [-0.05, 0) is 80.6 Å². The van der Waals surface area contributed by atoms with E-state index in [1.807, 2.05) is 45.0 Å². The Kier molecular flexibility index (Phi) is 8.82. The molecule has 1 aromatic heterocycles. The van der Waals surface area contributed by atoms with Crippen molar-refractivity contribution in [2.75, 3.05) is 0 Å². The lowest BCUT2D eigenvalue weighted by Crippen LogP contribution is -2.45. The maximum Gasteiger partial charge on any atom is 0.309 e. The van der Waals surface area contributed by atoms with Crippen LogP contribution in [0.5, 0.6) is 0 Å². The summed E-state index contributed by atoms with van der Waals surface area (Å²) in [5.74, 6) is -0.956. The van der Waals surface area contributed by atoms with Gasteiger partial charge in [-0.25, -0.2) is 0 Å². The first kappa shape index (κ1) is 28.5. The van der Waals surface area contributed by atoms with Crippen LogP contribution in [0.3, 0.4) is 0 Å². The van der Waals surface area contributed by atoms with Crippen LogP contribution in [-0.4, -0.2) is 45.3 Å². The molecule has 6 nitrogen and oxygen atoms in total. The van der Waals surface area contributed by atoms with E-state index < -0.39 is 35.6 Å². The first-order valence-corrected chi connectivity index (χ1v) is 13.5. The number of pyridine rings is 1. The van der Waals surface area contributed by atoms with Crippen molar-refractivity contribution in [1.82, 2.24) is 4.98 Å². The number of carbonyl (C=O) groups is 2. The molecule has 0 spiro atoms. The lowest BCUT2D eigenvalue weighted by molar-refractivity contribution is -0.154. The van der Waals surface area contributed by atoms with Gasteiger partial charge in [0.2, 0.25) is 0 Å². The van der Waals surface area contributed by atoms with Crippen LogP contribution in [0.25, 0.3) is 6.08 Å². The zero-order valence-corrected chi connectivity index (χ0v) is 23.1. The van der Waals surface area contributed by atoms with Gasteiger partial charge in [0, 0.05) is 11.6 Å². The Hall–Kier alpha value is -2.05. The van der Waals surface area contributed by atoms with Crippen LogP contribution in [-0.2, 0) is 14.3 Å². The summed E-state index contributed by atoms with van der Waals surface area (Å²) in [5.41, 5.74) is 1.67. The Balaban J connectivity index is 1.87. The van der Waals surface area contributed by atoms with Gasteiger partial charge in [0.15, 0.2) is 0 Å². The number of Topliss-reactive ketones (excluding diaryl/α,β-unsaturated/α-hetero) is 1. The summed E-state index contributed by atoms with van der Waals surface area (Å²) < 4.78 is 5.97. The average molecular weight is 500 g/mol. The van der Waals surface area contributed by atoms with E-state index in [0.29, 0.717) is 5.92 Å². The molecule has 0 bridgehead atoms. The van der Waals surface area contributed by atoms with Crippen LogP contribution in [0.4, 0.5) is 0 Å². The first-order valence-electron chi connectivity index (χ1n) is 13.5. The third-order valence-corrected chi connectivity index (χ3v) is 8.85. The number of ether oxygens (including phenoxy) is 1. The molecule has 0 amide bonds. The van der Waals surface area contributed by atoms with Crippen molar-refractivity contribution in [3.8, 4) is 0 Å². The molecule has 2 heterocycles. The lowest BCUT2D eigenvalue weighted by Gasteiger charge is -2.34. The highest BCUT2D eigenvalue weighted by Crippen LogP contribution is 2.58. The Bertz CT molecular complexity index is 985. The number of cyclic esters (lactones) is 1. The van der Waals surface area contributed by atoms with Crippen molar-refractivity contribution in [1.29, 1.82) is 0 Å². The fourth-order valence-corrected chi connectivity index (χ4v) is 5.75. The molecule has 3 rings (SSSR count). The molecule has 1 aromatic rings. The van der Waals surface area contributed by atoms with Gasteiger partial charge in [-0.3, -0.25) is 14.6 Å². The number of hydrogen-bond donors (Lipinski definition) is 2. The van der Waals surface area contributed by atoms with Crippen LogP contribution in [0.15, 0.2) is 23.8 Å². The SMILES string of the molecule is C/C(=C\c1cccc(C)n1)[C@@H]1C[C@@H]2C[C@@]2(C)CCC[C@H](C)[C@H](O)[C@@H](C)C(=O)C(C)(C)[C@@H](O)CC(=O)O1. The van der Waals surface area contributed by atoms with Gasteiger partial charge in [0.05, 0.1) is 29.7 Å². The molecule has 1 saturated heterocycles. The van der Waals surface area contributed by atoms with Gasteiger partial charge in [0.1, 0.15) is 11.9 Å². The van der Waals surface area contributed by atoms with Gasteiger partial charge < -0.3 is 14.9 Å². The number of aliphatic hydroxyl groups is 2. The normalized spacial score (nSPS) is 36.6. The van der Waals surface area contributed by atoms with E-state index in [2.05, 4.69) is 11.9 Å². The number of rotatable bonds is 2. The number of aryl methyl sites for hydroxylation is 1. The third-order valence-electron chi connectivity index (χ3n) is 8.85. The summed E-state index contributed by atoms with van der Waals surface area (Å²) in [7, 11) is 0. The number of hydrogen-bond acceptors (Lipinski definition) is 6. The number of nitrogens with zero attached hydrogens (tertiary/aromatic N) is 1. The molecule has 2 aliphatic rings. The van der Waals surface area contributed by atoms with Crippen LogP contribution in [0.2, 0.25) is 0 Å². The molecule has 7 atom stereocenters. The average Bonchev–Trinajstić information content (AvgIpc) is 3.44. The molecule has 0 unspecified atom stereocenters. The fourth-order valence-electron chi connectivity index (χ4n) is 5.75. The fraction of sp³-hybridized carbons (Fsp3) is 0.700. The van der Waals surface area contributed by atoms with Crippen molar-refractivity contribution >= 4 is 17.8 Å². The first-order chi connectivity index (χ1) is 16.7. The van der Waals surface area contributed by atoms with Crippen molar-refractivity contribution < 1.29 is 24.5 Å². The Morgan fingerprint density at radius 3 is 2.53 bits per heavy atom. The standard InChI is InChI=1S/C30H45NO5/c1-18-10-9-13-30(7)17-22(30)15-24(19(2)14-23-12-8-11-20(3)31-23)36-26(33)16-25(32)29(5,6)28(35)21(4)27(18)34/h8,11-12,14,18,21-22,24-25,27,32,34H,9-10,13,15-17H2,1-7H3/b19-14+/t18-,21+,22+,24-,25-,27-,30+/m0/s1. The van der Waals surface area contributed by atoms with E-state index in [4.69, 9.17) is 4.74 Å². The topological polar surface area (TPSA) is 96.7 Å². The van der Waals surface area contributed by atoms with Crippen molar-refractivity contribution in [3.05, 3.63) is 35.2 Å². The van der Waals surface area contributed by atoms with Crippen molar-refractivity contribution in [2.45, 2.75) is 105 Å². The third kappa shape index (κ3) is 6.63. The molecule has 36 heavy (non-hydrogen) atoms. The molecular weight excluding hydrogens is 454 g/mol. The van der Waals surface area contributed by atoms with Gasteiger partial charge in [0.25, 0.3) is 0 Å². The zero-order valence-electron chi connectivity index (χ0n) is 23.1. The lowest BCUT2D eigenvalue weighted by atomic mass is 9.73. The Morgan fingerprint density at radius 1 is 1.17 bits per heavy atom. The predicted octanol–water partition coefficient (Wildman–Crippen LogP) is 5.28. The van der Waals surface area contributed by atoms with Crippen LogP contribution < -0.4 is 0 Å². The van der Waals surface area contributed by atoms with Gasteiger partial charge in [-0.15, -0.1) is 0 Å². The second kappa shape index (κ2) is 11.1. The highest BCUT2D eigenvalue weighted by atomic mass is 16.5. The Labute approximate surface area is 216 Å². The summed E-state index contributed by atoms with van der Waals surface area (Å²) in [5, 5.41) is 21.8. The van der Waals surface area contributed by atoms with Gasteiger partial charge >= 0.3 is 5.97 Å². The monoisotopic (exact) mass is 499 g/mol. The number of fused-ring (bicyclic) bond motifs is 1. The minimum Gasteiger partial charge on any atom is -0.458 e. The van der Waals surface area contributed by atoms with Gasteiger partial charge in [-0.1, -0.05) is 47.1 Å². The van der Waals surface area contributed by atoms with Crippen LogP contribution >= 0.6 is 0 Å². The summed E-state index contributed by atoms with van der Waals surface area (Å²) >= 11 is 0. The Morgan fingerprint density at radius 2 is 1.86 bits per heavy atom. The minimum absolute atomic E-state index is 0.0182. The molecule has 0 aromatic carbocycles. The van der Waals surface area contributed by atoms with Crippen LogP contribution in [0.1, 0.15) is 91.5 Å². The van der Waals surface area contributed by atoms with Gasteiger partial charge in [-0.2, -0.15) is 0 Å². The second-order valence-corrected chi connectivity index (χ2v) is 12.3. The predicted molar refractivity (Wildman–Crippen MR) is 141 cm³/mol. The summed E-state index contributed by atoms with van der Waals surface area (Å²) in [4.78, 5) is 30.8. The van der Waals surface area contributed by atoms with E-state index in [1.54, 1.807) is 20.8 Å². The molecule has 6 heteroatoms. The number of aliphatic hydroxyl groups excluding tert-OH is 2. The van der Waals surface area contributed by atoms with E-state index in [-0.39, 0.29) is 23.5 Å². The number of carbonyl (C=O) groups excluding carboxylic acids is 2. The highest BCUT2D eigenvalue weighted by molar-refractivity contribution is 5.88. The molecule has 200 valence electrons. The quantitative estimate of drug-likeness (QED) is 0.537. The molecule has 2 N–H and O–H groups in total. The molecule has 1 aliphatic carbocycles. The molecule has 1 saturated carbocycles. The number of esters is 1. The van der Waals surface area contributed by atoms with E-state index in [9.17, 15) is 19.8 Å². The summed E-state index contributed by atoms with van der Waals surface area (Å²) in [6.07, 6.45) is 3.98. The zero-order chi connectivity index (χ0) is 26.8. The number of ketones is 1. The minimum atomic E-state index is -1.20. The summed E-state index contributed by atoms with van der Waals surface area (Å²) in [6.45, 7) is 13.2. The highest BCUT2D eigenvalue weighted by Gasteiger charge is 2.50. The maximum atomic E-state index is 13.3. The smallest absolute Gasteiger partial charge is 0.309 e. The molecular formula is C30H45NO5. The van der Waals surface area contributed by atoms with Crippen LogP contribution in [0, 0.1) is 35.5 Å². The molecule has 0 radical (unpaired) electrons. The summed E-state index contributed by atoms with van der Waals surface area (Å²) in [6, 6.07) is 5.84. The van der Waals surface area contributed by atoms with E-state index in [0.717, 1.165) is 49.1 Å². The van der Waals surface area contributed by atoms with E-state index in [1.165, 1.54) is 0 Å². The molecule has 1 aliphatic heterocycles.